The Hall–Kier alpha value is -3.12. The summed E-state index contributed by atoms with van der Waals surface area (Å²) in [5, 5.41) is 0. The number of rotatable bonds is 3. The Morgan fingerprint density at radius 1 is 0.828 bits per heavy atom. The van der Waals surface area contributed by atoms with Crippen LogP contribution in [0.3, 0.4) is 0 Å². The molecule has 2 aliphatic rings. The van der Waals surface area contributed by atoms with Crippen molar-refractivity contribution in [1.82, 2.24) is 0 Å². The fraction of sp³-hybridized carbons (Fsp3) is 0.174. The summed E-state index contributed by atoms with van der Waals surface area (Å²) in [6.45, 7) is 0.290. The molecular weight excluding hydrogens is 388 g/mol. The van der Waals surface area contributed by atoms with Crippen molar-refractivity contribution in [2.75, 3.05) is 0 Å². The van der Waals surface area contributed by atoms with Crippen LogP contribution < -0.4 is 8.92 Å². The van der Waals surface area contributed by atoms with Crippen LogP contribution in [0, 0.1) is 0 Å². The molecule has 0 fully saturated rings. The van der Waals surface area contributed by atoms with Crippen LogP contribution >= 0.6 is 0 Å². The first kappa shape index (κ1) is 17.9. The molecule has 5 nitrogen and oxygen atoms in total. The van der Waals surface area contributed by atoms with Gasteiger partial charge in [-0.05, 0) is 60.4 Å². The van der Waals surface area contributed by atoms with E-state index in [9.17, 15) is 13.2 Å². The smallest absolute Gasteiger partial charge is 0.339 e. The van der Waals surface area contributed by atoms with Gasteiger partial charge in [0.05, 0.1) is 0 Å². The standard InChI is InChI=1S/C23H18O5S/c24-22-8-4-5-15-12-21-19-10-9-17(11-16(19)14-27-23(21)13-20(15)22)28-29(25,26)18-6-2-1-3-7-18/h1-3,6-7,9-13H,4-5,8,14H2. The Morgan fingerprint density at radius 3 is 2.48 bits per heavy atom. The Bertz CT molecular complexity index is 1230. The lowest BCUT2D eigenvalue weighted by Gasteiger charge is -2.25. The SMILES string of the molecule is O=C1CCCc2cc3c(cc21)OCc1cc(OS(=O)(=O)c2ccccc2)ccc1-3. The Kier molecular flexibility index (Phi) is 4.17. The third-order valence-corrected chi connectivity index (χ3v) is 6.61. The summed E-state index contributed by atoms with van der Waals surface area (Å²) in [6, 6.07) is 17.1. The highest BCUT2D eigenvalue weighted by molar-refractivity contribution is 7.87. The lowest BCUT2D eigenvalue weighted by molar-refractivity contribution is 0.0972. The number of hydrogen-bond acceptors (Lipinski definition) is 5. The molecule has 146 valence electrons. The van der Waals surface area contributed by atoms with Gasteiger partial charge in [0.1, 0.15) is 23.0 Å². The van der Waals surface area contributed by atoms with Gasteiger partial charge in [0.15, 0.2) is 5.78 Å². The van der Waals surface area contributed by atoms with Crippen LogP contribution in [0.5, 0.6) is 11.5 Å². The molecule has 0 aromatic heterocycles. The van der Waals surface area contributed by atoms with E-state index in [0.717, 1.165) is 40.7 Å². The van der Waals surface area contributed by atoms with E-state index in [0.29, 0.717) is 12.2 Å². The van der Waals surface area contributed by atoms with Crippen LogP contribution in [0.25, 0.3) is 11.1 Å². The van der Waals surface area contributed by atoms with Crippen molar-refractivity contribution in [2.45, 2.75) is 30.8 Å². The molecule has 29 heavy (non-hydrogen) atoms. The van der Waals surface area contributed by atoms with E-state index in [4.69, 9.17) is 8.92 Å². The van der Waals surface area contributed by atoms with Gasteiger partial charge in [0.2, 0.25) is 0 Å². The van der Waals surface area contributed by atoms with Crippen molar-refractivity contribution < 1.29 is 22.1 Å². The number of ketones is 1. The topological polar surface area (TPSA) is 69.7 Å². The molecule has 0 N–H and O–H groups in total. The minimum absolute atomic E-state index is 0.107. The fourth-order valence-electron chi connectivity index (χ4n) is 3.92. The fourth-order valence-corrected chi connectivity index (χ4v) is 4.86. The molecule has 0 saturated carbocycles. The highest BCUT2D eigenvalue weighted by Crippen LogP contribution is 2.42. The largest absolute Gasteiger partial charge is 0.488 e. The van der Waals surface area contributed by atoms with E-state index in [1.165, 1.54) is 12.1 Å². The van der Waals surface area contributed by atoms with E-state index in [-0.39, 0.29) is 23.0 Å². The van der Waals surface area contributed by atoms with Crippen LogP contribution in [0.2, 0.25) is 0 Å². The number of benzene rings is 3. The molecule has 3 aromatic carbocycles. The highest BCUT2D eigenvalue weighted by atomic mass is 32.2. The summed E-state index contributed by atoms with van der Waals surface area (Å²) < 4.78 is 36.1. The van der Waals surface area contributed by atoms with E-state index >= 15 is 0 Å². The van der Waals surface area contributed by atoms with Crippen LogP contribution in [-0.2, 0) is 23.1 Å². The van der Waals surface area contributed by atoms with E-state index < -0.39 is 10.1 Å². The summed E-state index contributed by atoms with van der Waals surface area (Å²) in [5.74, 6) is 1.10. The molecule has 3 aromatic rings. The average molecular weight is 406 g/mol. The first-order chi connectivity index (χ1) is 14.0. The number of carbonyl (C=O) groups is 1. The maximum absolute atomic E-state index is 12.5. The van der Waals surface area contributed by atoms with E-state index in [1.54, 1.807) is 30.3 Å². The maximum atomic E-state index is 12.5. The van der Waals surface area contributed by atoms with Crippen LogP contribution in [0.15, 0.2) is 65.6 Å². The molecule has 0 saturated heterocycles. The third kappa shape index (κ3) is 3.19. The lowest BCUT2D eigenvalue weighted by Crippen LogP contribution is -2.14. The van der Waals surface area contributed by atoms with Crippen molar-refractivity contribution in [1.29, 1.82) is 0 Å². The Labute approximate surface area is 169 Å². The summed E-state index contributed by atoms with van der Waals surface area (Å²) in [4.78, 5) is 12.3. The lowest BCUT2D eigenvalue weighted by atomic mass is 9.86. The van der Waals surface area contributed by atoms with Gasteiger partial charge in [-0.3, -0.25) is 4.79 Å². The van der Waals surface area contributed by atoms with Crippen molar-refractivity contribution >= 4 is 15.9 Å². The maximum Gasteiger partial charge on any atom is 0.339 e. The van der Waals surface area contributed by atoms with Gasteiger partial charge < -0.3 is 8.92 Å². The van der Waals surface area contributed by atoms with Crippen LogP contribution in [0.4, 0.5) is 0 Å². The zero-order chi connectivity index (χ0) is 20.0. The molecule has 0 spiro atoms. The van der Waals surface area contributed by atoms with Gasteiger partial charge in [-0.25, -0.2) is 0 Å². The van der Waals surface area contributed by atoms with Crippen molar-refractivity contribution in [3.8, 4) is 22.6 Å². The number of ether oxygens (including phenoxy) is 1. The first-order valence-electron chi connectivity index (χ1n) is 9.47. The minimum Gasteiger partial charge on any atom is -0.488 e. The van der Waals surface area contributed by atoms with Crippen molar-refractivity contribution in [2.24, 2.45) is 0 Å². The number of aryl methyl sites for hydroxylation is 1. The molecule has 0 amide bonds. The predicted molar refractivity (Wildman–Crippen MR) is 108 cm³/mol. The van der Waals surface area contributed by atoms with Gasteiger partial charge in [0.25, 0.3) is 0 Å². The van der Waals surface area contributed by atoms with Crippen LogP contribution in [-0.4, -0.2) is 14.2 Å². The first-order valence-corrected chi connectivity index (χ1v) is 10.9. The van der Waals surface area contributed by atoms with Gasteiger partial charge in [-0.15, -0.1) is 0 Å². The van der Waals surface area contributed by atoms with Gasteiger partial charge >= 0.3 is 10.1 Å². The summed E-state index contributed by atoms with van der Waals surface area (Å²) in [5.41, 5.74) is 4.55. The molecule has 0 atom stereocenters. The molecule has 0 bridgehead atoms. The molecule has 6 heteroatoms. The minimum atomic E-state index is -3.90. The second-order valence-corrected chi connectivity index (χ2v) is 8.79. The number of hydrogen-bond donors (Lipinski definition) is 0. The van der Waals surface area contributed by atoms with Gasteiger partial charge in [-0.2, -0.15) is 8.42 Å². The molecule has 5 rings (SSSR count). The summed E-state index contributed by atoms with van der Waals surface area (Å²) >= 11 is 0. The monoisotopic (exact) mass is 406 g/mol. The Balaban J connectivity index is 1.50. The Morgan fingerprint density at radius 2 is 1.66 bits per heavy atom. The zero-order valence-corrected chi connectivity index (χ0v) is 16.4. The summed E-state index contributed by atoms with van der Waals surface area (Å²) in [7, 11) is -3.90. The second kappa shape index (κ2) is 6.74. The van der Waals surface area contributed by atoms with Crippen molar-refractivity contribution in [3.63, 3.8) is 0 Å². The van der Waals surface area contributed by atoms with Gasteiger partial charge in [0, 0.05) is 23.1 Å². The van der Waals surface area contributed by atoms with E-state index in [1.807, 2.05) is 18.2 Å². The molecule has 0 radical (unpaired) electrons. The molecule has 1 aliphatic heterocycles. The zero-order valence-electron chi connectivity index (χ0n) is 15.6. The normalized spacial score (nSPS) is 15.0. The number of carbonyl (C=O) groups excluding carboxylic acids is 1. The summed E-state index contributed by atoms with van der Waals surface area (Å²) in [6.07, 6.45) is 2.32. The molecule has 1 heterocycles. The molecule has 1 aliphatic carbocycles. The number of fused-ring (bicyclic) bond motifs is 4. The highest BCUT2D eigenvalue weighted by Gasteiger charge is 2.25. The van der Waals surface area contributed by atoms with E-state index in [2.05, 4.69) is 0 Å². The van der Waals surface area contributed by atoms with Crippen LogP contribution in [0.1, 0.15) is 34.3 Å². The third-order valence-electron chi connectivity index (χ3n) is 5.34. The average Bonchev–Trinajstić information content (AvgIpc) is 2.73. The molecule has 0 unspecified atom stereocenters. The van der Waals surface area contributed by atoms with Crippen molar-refractivity contribution in [3.05, 3.63) is 77.4 Å². The quantitative estimate of drug-likeness (QED) is 0.598. The second-order valence-electron chi connectivity index (χ2n) is 7.24. The molecular formula is C23H18O5S. The van der Waals surface area contributed by atoms with Gasteiger partial charge in [-0.1, -0.05) is 24.3 Å². The number of Topliss-reactive ketones (excluding diaryl/α,β-unsaturated/α-hetero) is 1. The predicted octanol–water partition coefficient (Wildman–Crippen LogP) is 4.53.